The summed E-state index contributed by atoms with van der Waals surface area (Å²) in [5.74, 6) is 0.580. The van der Waals surface area contributed by atoms with Gasteiger partial charge in [-0.3, -0.25) is 14.5 Å². The number of hydrogen-bond acceptors (Lipinski definition) is 5. The average molecular weight is 362 g/mol. The van der Waals surface area contributed by atoms with Gasteiger partial charge in [0.05, 0.1) is 16.8 Å². The summed E-state index contributed by atoms with van der Waals surface area (Å²) in [6.07, 6.45) is 3.46. The second-order valence-corrected chi connectivity index (χ2v) is 6.64. The van der Waals surface area contributed by atoms with Crippen molar-refractivity contribution in [2.45, 2.75) is 31.7 Å². The lowest BCUT2D eigenvalue weighted by atomic mass is 9.93. The van der Waals surface area contributed by atoms with Crippen molar-refractivity contribution in [3.05, 3.63) is 51.5 Å². The third-order valence-electron chi connectivity index (χ3n) is 4.48. The molecule has 0 spiro atoms. The van der Waals surface area contributed by atoms with E-state index in [4.69, 9.17) is 11.6 Å². The number of nitrogens with zero attached hydrogens (tertiary/aromatic N) is 3. The number of hydrogen-bond donors (Lipinski definition) is 2. The minimum absolute atomic E-state index is 0.107. The van der Waals surface area contributed by atoms with Crippen molar-refractivity contribution in [3.63, 3.8) is 0 Å². The van der Waals surface area contributed by atoms with Crippen molar-refractivity contribution in [3.8, 4) is 0 Å². The lowest BCUT2D eigenvalue weighted by molar-refractivity contribution is -0.121. The van der Waals surface area contributed by atoms with Crippen LogP contribution in [-0.4, -0.2) is 45.1 Å². The maximum atomic E-state index is 12.5. The molecule has 0 aliphatic carbocycles. The van der Waals surface area contributed by atoms with Gasteiger partial charge in [-0.15, -0.1) is 0 Å². The van der Waals surface area contributed by atoms with E-state index < -0.39 is 0 Å². The van der Waals surface area contributed by atoms with Gasteiger partial charge < -0.3 is 5.32 Å². The van der Waals surface area contributed by atoms with Crippen LogP contribution in [0.15, 0.2) is 35.3 Å². The van der Waals surface area contributed by atoms with E-state index in [1.54, 1.807) is 18.2 Å². The number of H-pyrrole nitrogens is 1. The highest BCUT2D eigenvalue weighted by Crippen LogP contribution is 2.26. The largest absolute Gasteiger partial charge is 0.309 e. The van der Waals surface area contributed by atoms with Crippen LogP contribution in [0.25, 0.3) is 0 Å². The first-order valence-corrected chi connectivity index (χ1v) is 8.63. The van der Waals surface area contributed by atoms with Crippen LogP contribution in [0.1, 0.15) is 31.4 Å². The number of aromatic nitrogens is 3. The van der Waals surface area contributed by atoms with Gasteiger partial charge in [0.2, 0.25) is 5.91 Å². The predicted molar refractivity (Wildman–Crippen MR) is 95.7 cm³/mol. The first-order valence-electron chi connectivity index (χ1n) is 8.25. The van der Waals surface area contributed by atoms with Gasteiger partial charge >= 0.3 is 0 Å². The SMILES string of the molecule is CC(C(=O)Nc1ccc(Cl)cn1)N1CCCC(c2ccc(=O)[nH]n2)C1. The maximum Gasteiger partial charge on any atom is 0.264 e. The summed E-state index contributed by atoms with van der Waals surface area (Å²) < 4.78 is 0. The summed E-state index contributed by atoms with van der Waals surface area (Å²) in [4.78, 5) is 29.9. The Kier molecular flexibility index (Phi) is 5.45. The molecule has 0 bridgehead atoms. The Bertz CT molecular complexity index is 772. The fraction of sp³-hybridized carbons (Fsp3) is 0.412. The first-order chi connectivity index (χ1) is 12.0. The van der Waals surface area contributed by atoms with Crippen molar-refractivity contribution in [1.82, 2.24) is 20.1 Å². The molecule has 1 aliphatic rings. The number of piperidine rings is 1. The zero-order valence-corrected chi connectivity index (χ0v) is 14.7. The summed E-state index contributed by atoms with van der Waals surface area (Å²) in [5.41, 5.74) is 0.649. The van der Waals surface area contributed by atoms with Crippen LogP contribution in [0.4, 0.5) is 5.82 Å². The summed E-state index contributed by atoms with van der Waals surface area (Å²) in [6, 6.07) is 6.33. The normalized spacial score (nSPS) is 19.4. The molecule has 132 valence electrons. The third-order valence-corrected chi connectivity index (χ3v) is 4.70. The van der Waals surface area contributed by atoms with E-state index in [2.05, 4.69) is 25.4 Å². The average Bonchev–Trinajstić information content (AvgIpc) is 2.63. The Balaban J connectivity index is 1.63. The number of halogens is 1. The molecule has 1 saturated heterocycles. The summed E-state index contributed by atoms with van der Waals surface area (Å²) in [7, 11) is 0. The van der Waals surface area contributed by atoms with Crippen molar-refractivity contribution in [2.24, 2.45) is 0 Å². The maximum absolute atomic E-state index is 12.5. The molecule has 0 radical (unpaired) electrons. The van der Waals surface area contributed by atoms with Crippen LogP contribution in [0.2, 0.25) is 5.02 Å². The van der Waals surface area contributed by atoms with Crippen LogP contribution in [-0.2, 0) is 4.79 Å². The van der Waals surface area contributed by atoms with Gasteiger partial charge in [0, 0.05) is 24.7 Å². The Morgan fingerprint density at radius 2 is 2.24 bits per heavy atom. The monoisotopic (exact) mass is 361 g/mol. The second-order valence-electron chi connectivity index (χ2n) is 6.21. The Hall–Kier alpha value is -2.25. The molecule has 25 heavy (non-hydrogen) atoms. The molecule has 7 nitrogen and oxygen atoms in total. The fourth-order valence-electron chi connectivity index (χ4n) is 3.03. The van der Waals surface area contributed by atoms with Crippen LogP contribution in [0.3, 0.4) is 0 Å². The predicted octanol–water partition coefficient (Wildman–Crippen LogP) is 2.02. The van der Waals surface area contributed by atoms with Crippen LogP contribution >= 0.6 is 11.6 Å². The molecule has 1 amide bonds. The highest BCUT2D eigenvalue weighted by molar-refractivity contribution is 6.30. The van der Waals surface area contributed by atoms with Crippen LogP contribution < -0.4 is 10.9 Å². The lowest BCUT2D eigenvalue weighted by Gasteiger charge is -2.35. The Morgan fingerprint density at radius 1 is 1.40 bits per heavy atom. The van der Waals surface area contributed by atoms with Crippen molar-refractivity contribution in [1.29, 1.82) is 0 Å². The van der Waals surface area contributed by atoms with E-state index in [1.807, 2.05) is 6.92 Å². The van der Waals surface area contributed by atoms with E-state index in [9.17, 15) is 9.59 Å². The summed E-state index contributed by atoms with van der Waals surface area (Å²) >= 11 is 5.81. The third kappa shape index (κ3) is 4.43. The van der Waals surface area contributed by atoms with Gasteiger partial charge in [-0.1, -0.05) is 11.6 Å². The van der Waals surface area contributed by atoms with Gasteiger partial charge in [-0.05, 0) is 44.5 Å². The van der Waals surface area contributed by atoms with Gasteiger partial charge in [0.15, 0.2) is 0 Å². The van der Waals surface area contributed by atoms with E-state index in [-0.39, 0.29) is 23.4 Å². The number of likely N-dealkylation sites (tertiary alicyclic amines) is 1. The molecule has 0 saturated carbocycles. The number of carbonyl (C=O) groups excluding carboxylic acids is 1. The highest BCUT2D eigenvalue weighted by atomic mass is 35.5. The second kappa shape index (κ2) is 7.76. The summed E-state index contributed by atoms with van der Waals surface area (Å²) in [5, 5.41) is 9.95. The number of aromatic amines is 1. The molecular formula is C17H20ClN5O2. The van der Waals surface area contributed by atoms with E-state index in [1.165, 1.54) is 12.3 Å². The molecule has 2 atom stereocenters. The van der Waals surface area contributed by atoms with Crippen molar-refractivity contribution >= 4 is 23.3 Å². The number of anilines is 1. The first kappa shape index (κ1) is 17.6. The Morgan fingerprint density at radius 3 is 2.92 bits per heavy atom. The molecule has 3 heterocycles. The zero-order valence-electron chi connectivity index (χ0n) is 13.9. The zero-order chi connectivity index (χ0) is 17.8. The number of carbonyl (C=O) groups is 1. The standard InChI is InChI=1S/C17H20ClN5O2/c1-11(17(25)20-15-6-4-13(18)9-19-15)23-8-2-3-12(10-23)14-5-7-16(24)22-21-14/h4-7,9,11-12H,2-3,8,10H2,1H3,(H,22,24)(H,19,20,25). The molecule has 1 fully saturated rings. The minimum Gasteiger partial charge on any atom is -0.309 e. The van der Waals surface area contributed by atoms with Gasteiger partial charge in [0.1, 0.15) is 5.82 Å². The smallest absolute Gasteiger partial charge is 0.264 e. The highest BCUT2D eigenvalue weighted by Gasteiger charge is 2.29. The molecule has 8 heteroatoms. The molecule has 2 aromatic heterocycles. The van der Waals surface area contributed by atoms with E-state index in [0.717, 1.165) is 31.6 Å². The number of pyridine rings is 1. The molecule has 2 aromatic rings. The summed E-state index contributed by atoms with van der Waals surface area (Å²) in [6.45, 7) is 3.46. The quantitative estimate of drug-likeness (QED) is 0.869. The van der Waals surface area contributed by atoms with Crippen LogP contribution in [0.5, 0.6) is 0 Å². The molecule has 2 unspecified atom stereocenters. The van der Waals surface area contributed by atoms with Gasteiger partial charge in [0.25, 0.3) is 5.56 Å². The van der Waals surface area contributed by atoms with Gasteiger partial charge in [-0.2, -0.15) is 5.10 Å². The van der Waals surface area contributed by atoms with Crippen molar-refractivity contribution in [2.75, 3.05) is 18.4 Å². The number of rotatable bonds is 4. The molecule has 1 aliphatic heterocycles. The van der Waals surface area contributed by atoms with Gasteiger partial charge in [-0.25, -0.2) is 10.1 Å². The van der Waals surface area contributed by atoms with Crippen LogP contribution in [0, 0.1) is 0 Å². The molecule has 3 rings (SSSR count). The van der Waals surface area contributed by atoms with E-state index >= 15 is 0 Å². The molecule has 0 aromatic carbocycles. The minimum atomic E-state index is -0.289. The lowest BCUT2D eigenvalue weighted by Crippen LogP contribution is -2.46. The van der Waals surface area contributed by atoms with Crippen molar-refractivity contribution < 1.29 is 4.79 Å². The number of amides is 1. The fourth-order valence-corrected chi connectivity index (χ4v) is 3.14. The molecule has 2 N–H and O–H groups in total. The topological polar surface area (TPSA) is 91.0 Å². The number of nitrogens with one attached hydrogen (secondary N) is 2. The van der Waals surface area contributed by atoms with E-state index in [0.29, 0.717) is 10.8 Å². The Labute approximate surface area is 150 Å². The molecular weight excluding hydrogens is 342 g/mol.